The molecule has 0 saturated carbocycles. The number of rotatable bonds is 12. The molecule has 31 heavy (non-hydrogen) atoms. The van der Waals surface area contributed by atoms with Gasteiger partial charge >= 0.3 is 0 Å². The molecule has 8 heteroatoms. The summed E-state index contributed by atoms with van der Waals surface area (Å²) in [4.78, 5) is 14.0. The number of hydrogen-bond donors (Lipinski definition) is 0. The lowest BCUT2D eigenvalue weighted by Crippen LogP contribution is -2.34. The van der Waals surface area contributed by atoms with Gasteiger partial charge in [-0.15, -0.1) is 0 Å². The molecule has 0 radical (unpaired) electrons. The second kappa shape index (κ2) is 11.7. The third-order valence-corrected chi connectivity index (χ3v) is 6.18. The summed E-state index contributed by atoms with van der Waals surface area (Å²) < 4.78 is 40.6. The highest BCUT2D eigenvalue weighted by Gasteiger charge is 2.15. The van der Waals surface area contributed by atoms with E-state index in [0.29, 0.717) is 37.4 Å². The van der Waals surface area contributed by atoms with Crippen LogP contribution in [0.4, 0.5) is 0 Å². The van der Waals surface area contributed by atoms with Crippen molar-refractivity contribution in [3.63, 3.8) is 0 Å². The fourth-order valence-electron chi connectivity index (χ4n) is 3.01. The first-order valence-corrected chi connectivity index (χ1v) is 11.7. The molecule has 2 rings (SSSR count). The van der Waals surface area contributed by atoms with E-state index >= 15 is 0 Å². The van der Waals surface area contributed by atoms with Gasteiger partial charge in [0.05, 0.1) is 18.6 Å². The van der Waals surface area contributed by atoms with Crippen LogP contribution in [0.15, 0.2) is 47.4 Å². The third-order valence-electron chi connectivity index (χ3n) is 4.85. The lowest BCUT2D eigenvalue weighted by Gasteiger charge is -2.19. The Morgan fingerprint density at radius 1 is 1.00 bits per heavy atom. The molecule has 0 aliphatic heterocycles. The molecular weight excluding hydrogens is 418 g/mol. The number of carbonyl (C=O) groups is 1. The van der Waals surface area contributed by atoms with Crippen molar-refractivity contribution >= 4 is 16.0 Å². The van der Waals surface area contributed by atoms with E-state index in [4.69, 9.17) is 13.7 Å². The molecule has 0 bridgehead atoms. The molecular formula is C23H31NO6S. The number of ether oxygens (including phenoxy) is 2. The van der Waals surface area contributed by atoms with Gasteiger partial charge in [0.1, 0.15) is 0 Å². The Morgan fingerprint density at radius 2 is 1.68 bits per heavy atom. The summed E-state index contributed by atoms with van der Waals surface area (Å²) in [5.74, 6) is 0.936. The number of amides is 1. The van der Waals surface area contributed by atoms with Crippen molar-refractivity contribution in [2.75, 3.05) is 33.4 Å². The predicted octanol–water partition coefficient (Wildman–Crippen LogP) is 3.59. The average Bonchev–Trinajstić information content (AvgIpc) is 2.76. The molecule has 1 amide bonds. The minimum atomic E-state index is -3.76. The van der Waals surface area contributed by atoms with E-state index in [1.807, 2.05) is 32.9 Å². The number of aryl methyl sites for hydroxylation is 2. The lowest BCUT2D eigenvalue weighted by atomic mass is 10.1. The second-order valence-corrected chi connectivity index (χ2v) is 8.65. The Labute approximate surface area is 185 Å². The number of carbonyl (C=O) groups excluding carboxylic acids is 1. The molecule has 0 aromatic heterocycles. The Hall–Kier alpha value is -2.58. The van der Waals surface area contributed by atoms with Gasteiger partial charge < -0.3 is 14.4 Å². The Bertz CT molecular complexity index is 953. The zero-order valence-corrected chi connectivity index (χ0v) is 19.4. The van der Waals surface area contributed by atoms with E-state index in [9.17, 15) is 13.2 Å². The normalized spacial score (nSPS) is 11.2. The van der Waals surface area contributed by atoms with Crippen LogP contribution in [0.2, 0.25) is 0 Å². The average molecular weight is 450 g/mol. The van der Waals surface area contributed by atoms with Crippen LogP contribution >= 0.6 is 0 Å². The quantitative estimate of drug-likeness (QED) is 0.364. The van der Waals surface area contributed by atoms with Gasteiger partial charge in [-0.25, -0.2) is 0 Å². The number of likely N-dealkylation sites (N-methyl/N-ethyl adjacent to an activating group) is 1. The molecule has 0 unspecified atom stereocenters. The Morgan fingerprint density at radius 3 is 2.29 bits per heavy atom. The van der Waals surface area contributed by atoms with Crippen LogP contribution in [0.1, 0.15) is 31.4 Å². The summed E-state index contributed by atoms with van der Waals surface area (Å²) in [6.07, 6.45) is 1.13. The SMILES string of the molecule is CCN(CC)C(=O)COc1ccc(CCCOS(=O)(=O)c2ccc(C)cc2)cc1OC. The van der Waals surface area contributed by atoms with Crippen molar-refractivity contribution in [1.29, 1.82) is 0 Å². The zero-order valence-electron chi connectivity index (χ0n) is 18.6. The van der Waals surface area contributed by atoms with Crippen molar-refractivity contribution in [3.05, 3.63) is 53.6 Å². The molecule has 0 aliphatic carbocycles. The van der Waals surface area contributed by atoms with Crippen LogP contribution in [0.5, 0.6) is 11.5 Å². The van der Waals surface area contributed by atoms with E-state index in [2.05, 4.69) is 0 Å². The fraction of sp³-hybridized carbons (Fsp3) is 0.435. The van der Waals surface area contributed by atoms with E-state index in [1.165, 1.54) is 7.11 Å². The van der Waals surface area contributed by atoms with E-state index in [-0.39, 0.29) is 24.0 Å². The number of hydrogen-bond acceptors (Lipinski definition) is 6. The van der Waals surface area contributed by atoms with E-state index in [1.54, 1.807) is 35.2 Å². The number of nitrogens with zero attached hydrogens (tertiary/aromatic N) is 1. The van der Waals surface area contributed by atoms with Crippen LogP contribution in [0, 0.1) is 6.92 Å². The predicted molar refractivity (Wildman–Crippen MR) is 119 cm³/mol. The van der Waals surface area contributed by atoms with Crippen molar-refractivity contribution in [3.8, 4) is 11.5 Å². The van der Waals surface area contributed by atoms with Crippen molar-refractivity contribution < 1.29 is 26.9 Å². The van der Waals surface area contributed by atoms with Gasteiger partial charge in [0.25, 0.3) is 16.0 Å². The van der Waals surface area contributed by atoms with E-state index in [0.717, 1.165) is 11.1 Å². The van der Waals surface area contributed by atoms with Gasteiger partial charge in [-0.3, -0.25) is 8.98 Å². The number of benzene rings is 2. The Kier molecular flexibility index (Phi) is 9.33. The van der Waals surface area contributed by atoms with Crippen LogP contribution in [-0.2, 0) is 25.5 Å². The molecule has 2 aromatic carbocycles. The summed E-state index contributed by atoms with van der Waals surface area (Å²) >= 11 is 0. The first kappa shape index (κ1) is 24.7. The molecule has 7 nitrogen and oxygen atoms in total. The van der Waals surface area contributed by atoms with Crippen molar-refractivity contribution in [1.82, 2.24) is 4.90 Å². The summed E-state index contributed by atoms with van der Waals surface area (Å²) in [6, 6.07) is 12.0. The zero-order chi connectivity index (χ0) is 22.9. The maximum absolute atomic E-state index is 12.2. The highest BCUT2D eigenvalue weighted by atomic mass is 32.2. The van der Waals surface area contributed by atoms with Gasteiger partial charge in [0, 0.05) is 13.1 Å². The molecule has 0 N–H and O–H groups in total. The monoisotopic (exact) mass is 449 g/mol. The molecule has 170 valence electrons. The van der Waals surface area contributed by atoms with Crippen molar-refractivity contribution in [2.24, 2.45) is 0 Å². The lowest BCUT2D eigenvalue weighted by molar-refractivity contribution is -0.132. The first-order valence-electron chi connectivity index (χ1n) is 10.3. The third kappa shape index (κ3) is 7.25. The topological polar surface area (TPSA) is 82.1 Å². The van der Waals surface area contributed by atoms with Gasteiger partial charge in [0.2, 0.25) is 0 Å². The minimum absolute atomic E-state index is 0.0535. The molecule has 0 atom stereocenters. The standard InChI is InChI=1S/C23H31NO6S/c1-5-24(6-2)23(25)17-29-21-14-11-19(16-22(21)28-4)8-7-15-30-31(26,27)20-12-9-18(3)10-13-20/h9-14,16H,5-8,15,17H2,1-4H3. The molecule has 2 aromatic rings. The van der Waals surface area contributed by atoms with Gasteiger partial charge in [-0.05, 0) is 63.4 Å². The highest BCUT2D eigenvalue weighted by Crippen LogP contribution is 2.28. The van der Waals surface area contributed by atoms with Crippen LogP contribution in [-0.4, -0.2) is 52.6 Å². The van der Waals surface area contributed by atoms with Gasteiger partial charge in [-0.1, -0.05) is 23.8 Å². The fourth-order valence-corrected chi connectivity index (χ4v) is 3.95. The molecule has 0 fully saturated rings. The molecule has 0 saturated heterocycles. The largest absolute Gasteiger partial charge is 0.493 e. The highest BCUT2D eigenvalue weighted by molar-refractivity contribution is 7.86. The summed E-state index contributed by atoms with van der Waals surface area (Å²) in [5, 5.41) is 0. The maximum Gasteiger partial charge on any atom is 0.296 e. The van der Waals surface area contributed by atoms with E-state index < -0.39 is 10.1 Å². The van der Waals surface area contributed by atoms with Crippen LogP contribution < -0.4 is 9.47 Å². The van der Waals surface area contributed by atoms with Crippen LogP contribution in [0.3, 0.4) is 0 Å². The van der Waals surface area contributed by atoms with Gasteiger partial charge in [0.15, 0.2) is 18.1 Å². The van der Waals surface area contributed by atoms with Gasteiger partial charge in [-0.2, -0.15) is 8.42 Å². The minimum Gasteiger partial charge on any atom is -0.493 e. The first-order chi connectivity index (χ1) is 14.8. The summed E-state index contributed by atoms with van der Waals surface area (Å²) in [6.45, 7) is 7.04. The Balaban J connectivity index is 1.88. The molecule has 0 heterocycles. The smallest absolute Gasteiger partial charge is 0.296 e. The number of methoxy groups -OCH3 is 1. The summed E-state index contributed by atoms with van der Waals surface area (Å²) in [5.41, 5.74) is 1.94. The summed E-state index contributed by atoms with van der Waals surface area (Å²) in [7, 11) is -2.22. The molecule has 0 aliphatic rings. The van der Waals surface area contributed by atoms with Crippen molar-refractivity contribution in [2.45, 2.75) is 38.5 Å². The van der Waals surface area contributed by atoms with Crippen LogP contribution in [0.25, 0.3) is 0 Å². The second-order valence-electron chi connectivity index (χ2n) is 7.03. The molecule has 0 spiro atoms. The maximum atomic E-state index is 12.2.